The molecular weight excluding hydrogens is 326 g/mol. The summed E-state index contributed by atoms with van der Waals surface area (Å²) in [7, 11) is 1.92. The minimum Gasteiger partial charge on any atom is -0.489 e. The Hall–Kier alpha value is -1.03. The monoisotopic (exact) mass is 339 g/mol. The Morgan fingerprint density at radius 3 is 2.68 bits per heavy atom. The van der Waals surface area contributed by atoms with E-state index in [4.69, 9.17) is 16.3 Å². The first kappa shape index (κ1) is 14.4. The summed E-state index contributed by atoms with van der Waals surface area (Å²) in [5.41, 5.74) is 2.15. The fourth-order valence-corrected chi connectivity index (χ4v) is 2.32. The van der Waals surface area contributed by atoms with Gasteiger partial charge in [0.1, 0.15) is 12.4 Å². The maximum Gasteiger partial charge on any atom is 0.120 e. The van der Waals surface area contributed by atoms with E-state index in [9.17, 15) is 0 Å². The molecule has 4 heteroatoms. The number of hydrogen-bond donors (Lipinski definition) is 1. The van der Waals surface area contributed by atoms with Crippen molar-refractivity contribution in [2.24, 2.45) is 0 Å². The van der Waals surface area contributed by atoms with Crippen LogP contribution < -0.4 is 10.1 Å². The molecule has 0 radical (unpaired) electrons. The zero-order chi connectivity index (χ0) is 13.7. The number of nitrogens with one attached hydrogen (secondary N) is 1. The van der Waals surface area contributed by atoms with Gasteiger partial charge in [-0.15, -0.1) is 0 Å². The van der Waals surface area contributed by atoms with Crippen LogP contribution in [-0.2, 0) is 13.2 Å². The average Bonchev–Trinajstić information content (AvgIpc) is 2.41. The SMILES string of the molecule is CNCc1cc(OCc2ccccc2Cl)ccc1Br. The molecule has 2 nitrogen and oxygen atoms in total. The van der Waals surface area contributed by atoms with E-state index in [1.165, 1.54) is 5.56 Å². The lowest BCUT2D eigenvalue weighted by molar-refractivity contribution is 0.306. The highest BCUT2D eigenvalue weighted by molar-refractivity contribution is 9.10. The lowest BCUT2D eigenvalue weighted by Crippen LogP contribution is -2.06. The van der Waals surface area contributed by atoms with Crippen LogP contribution in [0.3, 0.4) is 0 Å². The van der Waals surface area contributed by atoms with Crippen LogP contribution in [0.2, 0.25) is 5.02 Å². The Labute approximate surface area is 126 Å². The van der Waals surface area contributed by atoms with E-state index < -0.39 is 0 Å². The third-order valence-electron chi connectivity index (χ3n) is 2.74. The fourth-order valence-electron chi connectivity index (χ4n) is 1.74. The second-order valence-electron chi connectivity index (χ2n) is 4.16. The van der Waals surface area contributed by atoms with Crippen LogP contribution in [0, 0.1) is 0 Å². The molecule has 0 bridgehead atoms. The normalized spacial score (nSPS) is 10.5. The Morgan fingerprint density at radius 2 is 1.95 bits per heavy atom. The summed E-state index contributed by atoms with van der Waals surface area (Å²) in [6.07, 6.45) is 0. The van der Waals surface area contributed by atoms with Gasteiger partial charge in [-0.3, -0.25) is 0 Å². The summed E-state index contributed by atoms with van der Waals surface area (Å²) in [5, 5.41) is 3.86. The van der Waals surface area contributed by atoms with Crippen molar-refractivity contribution in [3.05, 3.63) is 63.1 Å². The number of halogens is 2. The zero-order valence-corrected chi connectivity index (χ0v) is 13.0. The van der Waals surface area contributed by atoms with Gasteiger partial charge in [-0.05, 0) is 36.9 Å². The standard InChI is InChI=1S/C15H15BrClNO/c1-18-9-12-8-13(6-7-14(12)16)19-10-11-4-2-3-5-15(11)17/h2-8,18H,9-10H2,1H3. The lowest BCUT2D eigenvalue weighted by atomic mass is 10.2. The molecule has 0 spiro atoms. The summed E-state index contributed by atoms with van der Waals surface area (Å²) < 4.78 is 6.86. The van der Waals surface area contributed by atoms with Crippen molar-refractivity contribution in [2.45, 2.75) is 13.2 Å². The number of hydrogen-bond acceptors (Lipinski definition) is 2. The van der Waals surface area contributed by atoms with E-state index >= 15 is 0 Å². The summed E-state index contributed by atoms with van der Waals surface area (Å²) in [6.45, 7) is 1.27. The van der Waals surface area contributed by atoms with Crippen LogP contribution in [0.15, 0.2) is 46.9 Å². The van der Waals surface area contributed by atoms with Crippen molar-refractivity contribution in [3.63, 3.8) is 0 Å². The first-order valence-electron chi connectivity index (χ1n) is 6.00. The van der Waals surface area contributed by atoms with Crippen LogP contribution in [0.25, 0.3) is 0 Å². The molecular formula is C15H15BrClNO. The molecule has 0 atom stereocenters. The van der Waals surface area contributed by atoms with Gasteiger partial charge >= 0.3 is 0 Å². The Balaban J connectivity index is 2.07. The molecule has 0 heterocycles. The Bertz CT molecular complexity index is 560. The third kappa shape index (κ3) is 3.96. The van der Waals surface area contributed by atoms with E-state index in [0.717, 1.165) is 27.4 Å². The van der Waals surface area contributed by atoms with Crippen molar-refractivity contribution in [2.75, 3.05) is 7.05 Å². The van der Waals surface area contributed by atoms with Gasteiger partial charge in [0.15, 0.2) is 0 Å². The maximum absolute atomic E-state index is 6.10. The van der Waals surface area contributed by atoms with E-state index in [1.807, 2.05) is 49.5 Å². The van der Waals surface area contributed by atoms with Gasteiger partial charge in [-0.1, -0.05) is 45.7 Å². The highest BCUT2D eigenvalue weighted by Gasteiger charge is 2.04. The summed E-state index contributed by atoms with van der Waals surface area (Å²) in [4.78, 5) is 0. The predicted octanol–water partition coefficient (Wildman–Crippen LogP) is 4.40. The molecule has 0 saturated heterocycles. The molecule has 0 fully saturated rings. The smallest absolute Gasteiger partial charge is 0.120 e. The van der Waals surface area contributed by atoms with Crippen LogP contribution in [0.4, 0.5) is 0 Å². The average molecular weight is 341 g/mol. The van der Waals surface area contributed by atoms with Gasteiger partial charge in [0.2, 0.25) is 0 Å². The lowest BCUT2D eigenvalue weighted by Gasteiger charge is -2.10. The molecule has 100 valence electrons. The van der Waals surface area contributed by atoms with Crippen molar-refractivity contribution >= 4 is 27.5 Å². The minimum atomic E-state index is 0.473. The number of ether oxygens (including phenoxy) is 1. The van der Waals surface area contributed by atoms with Crippen LogP contribution in [0.5, 0.6) is 5.75 Å². The first-order chi connectivity index (χ1) is 9.20. The summed E-state index contributed by atoms with van der Waals surface area (Å²) in [5.74, 6) is 0.841. The second-order valence-corrected chi connectivity index (χ2v) is 5.43. The van der Waals surface area contributed by atoms with Crippen LogP contribution in [-0.4, -0.2) is 7.05 Å². The molecule has 0 aliphatic rings. The van der Waals surface area contributed by atoms with Gasteiger partial charge in [0.05, 0.1) is 0 Å². The largest absolute Gasteiger partial charge is 0.489 e. The van der Waals surface area contributed by atoms with Crippen LogP contribution >= 0.6 is 27.5 Å². The van der Waals surface area contributed by atoms with E-state index in [1.54, 1.807) is 0 Å². The molecule has 2 aromatic rings. The predicted molar refractivity (Wildman–Crippen MR) is 82.7 cm³/mol. The maximum atomic E-state index is 6.10. The van der Waals surface area contributed by atoms with Gasteiger partial charge in [-0.25, -0.2) is 0 Å². The van der Waals surface area contributed by atoms with E-state index in [2.05, 4.69) is 21.2 Å². The molecule has 0 amide bonds. The van der Waals surface area contributed by atoms with Crippen molar-refractivity contribution in [1.82, 2.24) is 5.32 Å². The molecule has 0 saturated carbocycles. The molecule has 0 aliphatic heterocycles. The van der Waals surface area contributed by atoms with Gasteiger partial charge in [-0.2, -0.15) is 0 Å². The zero-order valence-electron chi connectivity index (χ0n) is 10.6. The Kier molecular flexibility index (Phi) is 5.25. The molecule has 2 aromatic carbocycles. The molecule has 0 aliphatic carbocycles. The number of rotatable bonds is 5. The molecule has 0 unspecified atom stereocenters. The second kappa shape index (κ2) is 6.94. The van der Waals surface area contributed by atoms with Gasteiger partial charge in [0.25, 0.3) is 0 Å². The van der Waals surface area contributed by atoms with Crippen LogP contribution in [0.1, 0.15) is 11.1 Å². The van der Waals surface area contributed by atoms with Gasteiger partial charge in [0, 0.05) is 21.6 Å². The topological polar surface area (TPSA) is 21.3 Å². The van der Waals surface area contributed by atoms with Gasteiger partial charge < -0.3 is 10.1 Å². The van der Waals surface area contributed by atoms with E-state index in [-0.39, 0.29) is 0 Å². The highest BCUT2D eigenvalue weighted by Crippen LogP contribution is 2.24. The number of benzene rings is 2. The molecule has 1 N–H and O–H groups in total. The quantitative estimate of drug-likeness (QED) is 0.871. The summed E-state index contributed by atoms with van der Waals surface area (Å²) in [6, 6.07) is 13.7. The third-order valence-corrected chi connectivity index (χ3v) is 3.88. The minimum absolute atomic E-state index is 0.473. The van der Waals surface area contributed by atoms with Crippen molar-refractivity contribution in [1.29, 1.82) is 0 Å². The molecule has 0 aromatic heterocycles. The molecule has 2 rings (SSSR count). The van der Waals surface area contributed by atoms with Crippen molar-refractivity contribution < 1.29 is 4.74 Å². The van der Waals surface area contributed by atoms with E-state index in [0.29, 0.717) is 6.61 Å². The Morgan fingerprint density at radius 1 is 1.16 bits per heavy atom. The van der Waals surface area contributed by atoms with Crippen molar-refractivity contribution in [3.8, 4) is 5.75 Å². The highest BCUT2D eigenvalue weighted by atomic mass is 79.9. The fraction of sp³-hybridized carbons (Fsp3) is 0.200. The summed E-state index contributed by atoms with van der Waals surface area (Å²) >= 11 is 9.62. The first-order valence-corrected chi connectivity index (χ1v) is 7.17. The molecule has 19 heavy (non-hydrogen) atoms.